The highest BCUT2D eigenvalue weighted by Gasteiger charge is 2.14. The Labute approximate surface area is 74.8 Å². The summed E-state index contributed by atoms with van der Waals surface area (Å²) in [5, 5.41) is 0. The van der Waals surface area contributed by atoms with E-state index in [0.717, 1.165) is 0 Å². The van der Waals surface area contributed by atoms with Crippen molar-refractivity contribution >= 4 is 17.6 Å². The van der Waals surface area contributed by atoms with Gasteiger partial charge in [0.05, 0.1) is 11.3 Å². The summed E-state index contributed by atoms with van der Waals surface area (Å²) in [6.07, 6.45) is 5.35. The van der Waals surface area contributed by atoms with Gasteiger partial charge >= 0.3 is 6.03 Å². The van der Waals surface area contributed by atoms with E-state index in [1.165, 1.54) is 6.08 Å². The quantitative estimate of drug-likeness (QED) is 0.586. The predicted octanol–water partition coefficient (Wildman–Crippen LogP) is -0.122. The summed E-state index contributed by atoms with van der Waals surface area (Å²) >= 11 is 0. The van der Waals surface area contributed by atoms with E-state index in [9.17, 15) is 9.59 Å². The van der Waals surface area contributed by atoms with Gasteiger partial charge in [0.2, 0.25) is 0 Å². The summed E-state index contributed by atoms with van der Waals surface area (Å²) in [5.41, 5.74) is 10.5. The molecule has 13 heavy (non-hydrogen) atoms. The summed E-state index contributed by atoms with van der Waals surface area (Å²) in [4.78, 5) is 24.8. The molecule has 0 aromatic carbocycles. The molecule has 0 aromatic heterocycles. The van der Waals surface area contributed by atoms with Gasteiger partial charge in [-0.25, -0.2) is 4.79 Å². The average molecular weight is 179 g/mol. The molecular weight excluding hydrogens is 170 g/mol. The van der Waals surface area contributed by atoms with Crippen LogP contribution in [0.25, 0.3) is 0 Å². The summed E-state index contributed by atoms with van der Waals surface area (Å²) in [6, 6.07) is -0.822. The Morgan fingerprint density at radius 2 is 2.08 bits per heavy atom. The Morgan fingerprint density at radius 3 is 2.62 bits per heavy atom. The minimum atomic E-state index is -0.822. The smallest absolute Gasteiger partial charge is 0.338 e. The van der Waals surface area contributed by atoms with Crippen LogP contribution in [-0.2, 0) is 4.79 Å². The minimum absolute atomic E-state index is 0.237. The second-order valence-electron chi connectivity index (χ2n) is 2.47. The molecule has 0 radical (unpaired) electrons. The van der Waals surface area contributed by atoms with Crippen molar-refractivity contribution in [3.63, 3.8) is 0 Å². The van der Waals surface area contributed by atoms with Crippen LogP contribution < -0.4 is 11.5 Å². The van der Waals surface area contributed by atoms with Crippen LogP contribution in [0.5, 0.6) is 0 Å². The number of nitrogens with zero attached hydrogens (tertiary/aromatic N) is 1. The van der Waals surface area contributed by atoms with Crippen molar-refractivity contribution in [2.45, 2.75) is 6.42 Å². The molecule has 0 unspecified atom stereocenters. The Morgan fingerprint density at radius 1 is 1.38 bits per heavy atom. The van der Waals surface area contributed by atoms with E-state index in [1.807, 2.05) is 0 Å². The molecule has 0 aliphatic heterocycles. The molecule has 5 heteroatoms. The second-order valence-corrected chi connectivity index (χ2v) is 2.47. The molecule has 4 N–H and O–H groups in total. The molecule has 0 aromatic rings. The van der Waals surface area contributed by atoms with Crippen LogP contribution in [0, 0.1) is 0 Å². The van der Waals surface area contributed by atoms with Crippen molar-refractivity contribution in [1.82, 2.24) is 0 Å². The Hall–Kier alpha value is -1.91. The zero-order valence-corrected chi connectivity index (χ0v) is 6.86. The normalized spacial score (nSPS) is 18.5. The number of primary amides is 2. The molecule has 1 aliphatic rings. The van der Waals surface area contributed by atoms with Gasteiger partial charge < -0.3 is 11.5 Å². The van der Waals surface area contributed by atoms with Gasteiger partial charge in [0.25, 0.3) is 5.91 Å². The monoisotopic (exact) mass is 179 g/mol. The standard InChI is InChI=1S/C8H9N3O2/c9-7(12)5-3-1-2-4-6(5)11-8(10)13/h1-3H,4H2,(H2,9,12)(H2,10,13). The first-order valence-electron chi connectivity index (χ1n) is 3.65. The molecule has 0 saturated heterocycles. The fraction of sp³-hybridized carbons (Fsp3) is 0.125. The van der Waals surface area contributed by atoms with E-state index in [0.29, 0.717) is 12.1 Å². The van der Waals surface area contributed by atoms with Crippen molar-refractivity contribution in [2.24, 2.45) is 16.5 Å². The topological polar surface area (TPSA) is 98.5 Å². The first-order chi connectivity index (χ1) is 6.11. The fourth-order valence-electron chi connectivity index (χ4n) is 1.01. The van der Waals surface area contributed by atoms with E-state index in [1.54, 1.807) is 12.2 Å². The average Bonchev–Trinajstić information content (AvgIpc) is 2.03. The molecule has 0 saturated carbocycles. The lowest BCUT2D eigenvalue weighted by Crippen LogP contribution is -2.23. The number of carbonyl (C=O) groups excluding carboxylic acids is 2. The molecular formula is C8H9N3O2. The number of aliphatic imine (C=N–C) groups is 1. The zero-order chi connectivity index (χ0) is 9.84. The Kier molecular flexibility index (Phi) is 2.59. The van der Waals surface area contributed by atoms with Crippen molar-refractivity contribution in [2.75, 3.05) is 0 Å². The molecule has 0 fully saturated rings. The molecule has 1 aliphatic carbocycles. The van der Waals surface area contributed by atoms with Crippen LogP contribution in [0.2, 0.25) is 0 Å². The Bertz CT molecular complexity index is 339. The van der Waals surface area contributed by atoms with Crippen LogP contribution in [0.15, 0.2) is 28.8 Å². The van der Waals surface area contributed by atoms with Gasteiger partial charge in [-0.05, 0) is 6.08 Å². The molecule has 0 atom stereocenters. The first kappa shape index (κ1) is 9.18. The molecule has 68 valence electrons. The number of rotatable bonds is 1. The third-order valence-electron chi connectivity index (χ3n) is 1.53. The summed E-state index contributed by atoms with van der Waals surface area (Å²) in [6.45, 7) is 0. The van der Waals surface area contributed by atoms with E-state index in [2.05, 4.69) is 4.99 Å². The van der Waals surface area contributed by atoms with Gasteiger partial charge in [-0.3, -0.25) is 4.79 Å². The van der Waals surface area contributed by atoms with Crippen molar-refractivity contribution in [3.8, 4) is 0 Å². The summed E-state index contributed by atoms with van der Waals surface area (Å²) in [7, 11) is 0. The Balaban J connectivity index is 3.00. The number of nitrogens with two attached hydrogens (primary N) is 2. The largest absolute Gasteiger partial charge is 0.366 e. The van der Waals surface area contributed by atoms with Gasteiger partial charge in [-0.2, -0.15) is 4.99 Å². The molecule has 0 spiro atoms. The molecule has 3 amide bonds. The zero-order valence-electron chi connectivity index (χ0n) is 6.86. The lowest BCUT2D eigenvalue weighted by molar-refractivity contribution is -0.114. The highest BCUT2D eigenvalue weighted by molar-refractivity contribution is 6.24. The highest BCUT2D eigenvalue weighted by Crippen LogP contribution is 2.09. The number of hydrogen-bond acceptors (Lipinski definition) is 2. The van der Waals surface area contributed by atoms with Crippen LogP contribution >= 0.6 is 0 Å². The number of amides is 3. The van der Waals surface area contributed by atoms with Gasteiger partial charge in [0.1, 0.15) is 0 Å². The maximum atomic E-state index is 10.8. The first-order valence-corrected chi connectivity index (χ1v) is 3.65. The van der Waals surface area contributed by atoms with Gasteiger partial charge in [0, 0.05) is 6.42 Å². The number of allylic oxidation sites excluding steroid dienone is 3. The maximum absolute atomic E-state index is 10.8. The molecule has 1 rings (SSSR count). The highest BCUT2D eigenvalue weighted by atomic mass is 16.2. The molecule has 5 nitrogen and oxygen atoms in total. The SMILES string of the molecule is NC(=O)N=C1CC=CC=C1C(N)=O. The lowest BCUT2D eigenvalue weighted by Gasteiger charge is -2.07. The van der Waals surface area contributed by atoms with Crippen LogP contribution in [-0.4, -0.2) is 17.6 Å². The fourth-order valence-corrected chi connectivity index (χ4v) is 1.01. The van der Waals surface area contributed by atoms with Gasteiger partial charge in [-0.15, -0.1) is 0 Å². The van der Waals surface area contributed by atoms with Crippen LogP contribution in [0.1, 0.15) is 6.42 Å². The van der Waals surface area contributed by atoms with Crippen LogP contribution in [0.3, 0.4) is 0 Å². The summed E-state index contributed by atoms with van der Waals surface area (Å²) in [5.74, 6) is -0.607. The van der Waals surface area contributed by atoms with Gasteiger partial charge in [-0.1, -0.05) is 12.2 Å². The second kappa shape index (κ2) is 3.66. The third kappa shape index (κ3) is 2.26. The van der Waals surface area contributed by atoms with Crippen molar-refractivity contribution in [1.29, 1.82) is 0 Å². The van der Waals surface area contributed by atoms with Crippen molar-refractivity contribution in [3.05, 3.63) is 23.8 Å². The molecule has 0 heterocycles. The number of urea groups is 1. The maximum Gasteiger partial charge on any atom is 0.338 e. The van der Waals surface area contributed by atoms with Gasteiger partial charge in [0.15, 0.2) is 0 Å². The van der Waals surface area contributed by atoms with Crippen LogP contribution in [0.4, 0.5) is 4.79 Å². The lowest BCUT2D eigenvalue weighted by atomic mass is 10.0. The van der Waals surface area contributed by atoms with Crippen molar-refractivity contribution < 1.29 is 9.59 Å². The number of carbonyl (C=O) groups is 2. The van der Waals surface area contributed by atoms with E-state index in [-0.39, 0.29) is 5.57 Å². The van der Waals surface area contributed by atoms with E-state index in [4.69, 9.17) is 11.5 Å². The minimum Gasteiger partial charge on any atom is -0.366 e. The summed E-state index contributed by atoms with van der Waals surface area (Å²) < 4.78 is 0. The van der Waals surface area contributed by atoms with E-state index < -0.39 is 11.9 Å². The molecule has 0 bridgehead atoms. The third-order valence-corrected chi connectivity index (χ3v) is 1.53. The van der Waals surface area contributed by atoms with E-state index >= 15 is 0 Å². The predicted molar refractivity (Wildman–Crippen MR) is 48.1 cm³/mol. The number of hydrogen-bond donors (Lipinski definition) is 2.